The molecule has 3 rings (SSSR count). The van der Waals surface area contributed by atoms with Crippen LogP contribution in [-0.2, 0) is 9.59 Å². The molecule has 1 aliphatic rings. The lowest BCUT2D eigenvalue weighted by Crippen LogP contribution is -2.25. The van der Waals surface area contributed by atoms with Crippen molar-refractivity contribution in [3.63, 3.8) is 0 Å². The van der Waals surface area contributed by atoms with E-state index in [9.17, 15) is 9.59 Å². The number of thiocarbonyl (C=S) groups is 1. The highest BCUT2D eigenvalue weighted by Gasteiger charge is 2.27. The van der Waals surface area contributed by atoms with Crippen LogP contribution in [0, 0.1) is 0 Å². The van der Waals surface area contributed by atoms with Gasteiger partial charge in [0.2, 0.25) is 0 Å². The van der Waals surface area contributed by atoms with E-state index in [1.165, 1.54) is 12.0 Å². The summed E-state index contributed by atoms with van der Waals surface area (Å²) in [7, 11) is 3.14. The lowest BCUT2D eigenvalue weighted by molar-refractivity contribution is -0.121. The molecule has 1 fully saturated rings. The summed E-state index contributed by atoms with van der Waals surface area (Å²) in [5, 5.41) is 5.98. The molecule has 2 aromatic carbocycles. The van der Waals surface area contributed by atoms with E-state index >= 15 is 0 Å². The van der Waals surface area contributed by atoms with Crippen molar-refractivity contribution in [3.05, 3.63) is 53.7 Å². The first kappa shape index (κ1) is 22.1. The van der Waals surface area contributed by atoms with Gasteiger partial charge < -0.3 is 24.8 Å². The number of benzene rings is 2. The first-order valence-electron chi connectivity index (χ1n) is 9.56. The van der Waals surface area contributed by atoms with Crippen LogP contribution in [0.15, 0.2) is 48.2 Å². The standard InChI is InChI=1S/C22H23N3O5S/c1-4-29-19-12-14(11-16-21(27)25(2)22(31)24-16)9-10-18(19)30-13-20(26)23-15-7-5-6-8-17(15)28-3/h5-12H,4,13H2,1-3H3,(H,23,26)(H,24,31)/b16-11+. The van der Waals surface area contributed by atoms with E-state index in [1.54, 1.807) is 49.5 Å². The Morgan fingerprint density at radius 1 is 1.16 bits per heavy atom. The maximum absolute atomic E-state index is 12.3. The summed E-state index contributed by atoms with van der Waals surface area (Å²) in [6.45, 7) is 2.05. The SMILES string of the molecule is CCOc1cc(/C=C2/NC(=S)N(C)C2=O)ccc1OCC(=O)Nc1ccccc1OC. The monoisotopic (exact) mass is 441 g/mol. The number of ether oxygens (including phenoxy) is 3. The lowest BCUT2D eigenvalue weighted by Gasteiger charge is -2.13. The molecule has 0 aromatic heterocycles. The fraction of sp³-hybridized carbons (Fsp3) is 0.227. The van der Waals surface area contributed by atoms with Crippen LogP contribution in [0.2, 0.25) is 0 Å². The topological polar surface area (TPSA) is 89.1 Å². The highest BCUT2D eigenvalue weighted by atomic mass is 32.1. The maximum Gasteiger partial charge on any atom is 0.276 e. The van der Waals surface area contributed by atoms with Gasteiger partial charge in [0, 0.05) is 7.05 Å². The Morgan fingerprint density at radius 3 is 2.61 bits per heavy atom. The molecule has 162 valence electrons. The number of para-hydroxylation sites is 2. The Labute approximate surface area is 185 Å². The average molecular weight is 442 g/mol. The van der Waals surface area contributed by atoms with Crippen LogP contribution in [0.25, 0.3) is 6.08 Å². The van der Waals surface area contributed by atoms with E-state index < -0.39 is 0 Å². The highest BCUT2D eigenvalue weighted by molar-refractivity contribution is 7.80. The molecule has 0 bridgehead atoms. The summed E-state index contributed by atoms with van der Waals surface area (Å²) in [5.74, 6) is 0.885. The average Bonchev–Trinajstić information content (AvgIpc) is 3.00. The van der Waals surface area contributed by atoms with Crippen LogP contribution in [0.5, 0.6) is 17.2 Å². The van der Waals surface area contributed by atoms with Gasteiger partial charge in [-0.15, -0.1) is 0 Å². The van der Waals surface area contributed by atoms with Crippen LogP contribution in [0.3, 0.4) is 0 Å². The molecule has 0 unspecified atom stereocenters. The van der Waals surface area contributed by atoms with Crippen molar-refractivity contribution in [3.8, 4) is 17.2 Å². The van der Waals surface area contributed by atoms with Crippen LogP contribution in [0.4, 0.5) is 5.69 Å². The zero-order chi connectivity index (χ0) is 22.4. The Kier molecular flexibility index (Phi) is 7.09. The molecule has 2 N–H and O–H groups in total. The number of likely N-dealkylation sites (N-methyl/N-ethyl adjacent to an activating group) is 1. The van der Waals surface area contributed by atoms with Crippen molar-refractivity contribution in [1.29, 1.82) is 0 Å². The Bertz CT molecular complexity index is 1040. The highest BCUT2D eigenvalue weighted by Crippen LogP contribution is 2.30. The van der Waals surface area contributed by atoms with E-state index in [4.69, 9.17) is 26.4 Å². The minimum absolute atomic E-state index is 0.211. The quantitative estimate of drug-likeness (QED) is 0.481. The van der Waals surface area contributed by atoms with Crippen LogP contribution in [-0.4, -0.2) is 49.2 Å². The molecule has 0 saturated carbocycles. The summed E-state index contributed by atoms with van der Waals surface area (Å²) >= 11 is 5.08. The second kappa shape index (κ2) is 9.94. The molecule has 1 saturated heterocycles. The molecule has 1 aliphatic heterocycles. The first-order valence-corrected chi connectivity index (χ1v) is 9.97. The molecule has 9 heteroatoms. The number of hydrogen-bond donors (Lipinski definition) is 2. The van der Waals surface area contributed by atoms with Crippen molar-refractivity contribution >= 4 is 40.9 Å². The predicted octanol–water partition coefficient (Wildman–Crippen LogP) is 2.80. The Balaban J connectivity index is 1.71. The van der Waals surface area contributed by atoms with Crippen molar-refractivity contribution in [2.24, 2.45) is 0 Å². The van der Waals surface area contributed by atoms with Crippen LogP contribution < -0.4 is 24.8 Å². The molecule has 0 aliphatic carbocycles. The predicted molar refractivity (Wildman–Crippen MR) is 121 cm³/mol. The van der Waals surface area contributed by atoms with Gasteiger partial charge in [0.15, 0.2) is 23.2 Å². The summed E-state index contributed by atoms with van der Waals surface area (Å²) in [6.07, 6.45) is 1.68. The number of carbonyl (C=O) groups excluding carboxylic acids is 2. The Hall–Kier alpha value is -3.59. The van der Waals surface area contributed by atoms with Gasteiger partial charge in [-0.1, -0.05) is 18.2 Å². The third-order valence-corrected chi connectivity index (χ3v) is 4.78. The second-order valence-corrected chi connectivity index (χ2v) is 6.92. The maximum atomic E-state index is 12.3. The van der Waals surface area contributed by atoms with E-state index in [0.717, 1.165) is 5.56 Å². The largest absolute Gasteiger partial charge is 0.495 e. The van der Waals surface area contributed by atoms with E-state index in [2.05, 4.69) is 10.6 Å². The van der Waals surface area contributed by atoms with Gasteiger partial charge in [0.05, 0.1) is 19.4 Å². The molecule has 0 spiro atoms. The minimum Gasteiger partial charge on any atom is -0.495 e. The number of carbonyl (C=O) groups is 2. The fourth-order valence-electron chi connectivity index (χ4n) is 2.87. The van der Waals surface area contributed by atoms with Crippen molar-refractivity contribution < 1.29 is 23.8 Å². The summed E-state index contributed by atoms with van der Waals surface area (Å²) in [4.78, 5) is 25.8. The van der Waals surface area contributed by atoms with Gasteiger partial charge in [-0.05, 0) is 55.0 Å². The number of nitrogens with one attached hydrogen (secondary N) is 2. The number of anilines is 1. The third-order valence-electron chi connectivity index (χ3n) is 4.40. The first-order chi connectivity index (χ1) is 14.9. The summed E-state index contributed by atoms with van der Waals surface area (Å²) in [5.41, 5.74) is 1.66. The molecule has 0 radical (unpaired) electrons. The third kappa shape index (κ3) is 5.32. The number of rotatable bonds is 8. The van der Waals surface area contributed by atoms with Gasteiger partial charge in [0.1, 0.15) is 11.4 Å². The van der Waals surface area contributed by atoms with Gasteiger partial charge in [-0.3, -0.25) is 14.5 Å². The molecular formula is C22H23N3O5S. The van der Waals surface area contributed by atoms with E-state index in [-0.39, 0.29) is 18.4 Å². The van der Waals surface area contributed by atoms with Crippen LogP contribution >= 0.6 is 12.2 Å². The molecule has 8 nitrogen and oxygen atoms in total. The lowest BCUT2D eigenvalue weighted by atomic mass is 10.1. The summed E-state index contributed by atoms with van der Waals surface area (Å²) < 4.78 is 16.5. The van der Waals surface area contributed by atoms with Gasteiger partial charge in [0.25, 0.3) is 11.8 Å². The smallest absolute Gasteiger partial charge is 0.276 e. The van der Waals surface area contributed by atoms with Gasteiger partial charge in [-0.25, -0.2) is 0 Å². The zero-order valence-electron chi connectivity index (χ0n) is 17.4. The summed E-state index contributed by atoms with van der Waals surface area (Å²) in [6, 6.07) is 12.3. The van der Waals surface area contributed by atoms with E-state index in [1.807, 2.05) is 13.0 Å². The van der Waals surface area contributed by atoms with Gasteiger partial charge in [-0.2, -0.15) is 0 Å². The normalized spacial score (nSPS) is 14.4. The van der Waals surface area contributed by atoms with Crippen molar-refractivity contribution in [1.82, 2.24) is 10.2 Å². The van der Waals surface area contributed by atoms with Crippen molar-refractivity contribution in [2.75, 3.05) is 32.7 Å². The molecule has 2 aromatic rings. The minimum atomic E-state index is -0.338. The van der Waals surface area contributed by atoms with Crippen LogP contribution in [0.1, 0.15) is 12.5 Å². The van der Waals surface area contributed by atoms with Gasteiger partial charge >= 0.3 is 0 Å². The number of amides is 2. The van der Waals surface area contributed by atoms with Crippen molar-refractivity contribution in [2.45, 2.75) is 6.92 Å². The number of hydrogen-bond acceptors (Lipinski definition) is 6. The number of methoxy groups -OCH3 is 1. The Morgan fingerprint density at radius 2 is 1.94 bits per heavy atom. The number of nitrogens with zero attached hydrogens (tertiary/aromatic N) is 1. The molecule has 0 atom stereocenters. The molecule has 1 heterocycles. The zero-order valence-corrected chi connectivity index (χ0v) is 18.2. The fourth-order valence-corrected chi connectivity index (χ4v) is 3.06. The molecule has 2 amide bonds. The molecular weight excluding hydrogens is 418 g/mol. The second-order valence-electron chi connectivity index (χ2n) is 6.53. The van der Waals surface area contributed by atoms with E-state index in [0.29, 0.717) is 40.4 Å². The molecule has 31 heavy (non-hydrogen) atoms.